The number of methoxy groups -OCH3 is 1. The lowest BCUT2D eigenvalue weighted by Crippen LogP contribution is -2.32. The van der Waals surface area contributed by atoms with Crippen LogP contribution in [0, 0.1) is 0 Å². The van der Waals surface area contributed by atoms with Crippen LogP contribution in [-0.4, -0.2) is 32.7 Å². The number of nitrogens with one attached hydrogen (secondary N) is 2. The number of aromatic nitrogens is 4. The summed E-state index contributed by atoms with van der Waals surface area (Å²) in [5, 5.41) is 9.28. The lowest BCUT2D eigenvalue weighted by atomic mass is 9.92. The van der Waals surface area contributed by atoms with Crippen molar-refractivity contribution in [3.63, 3.8) is 0 Å². The largest absolute Gasteiger partial charge is 0.496 e. The van der Waals surface area contributed by atoms with Gasteiger partial charge in [0.05, 0.1) is 18.8 Å². The summed E-state index contributed by atoms with van der Waals surface area (Å²) < 4.78 is 7.74. The molecular weight excluding hydrogens is 386 g/mol. The van der Waals surface area contributed by atoms with E-state index < -0.39 is 0 Å². The van der Waals surface area contributed by atoms with E-state index in [4.69, 9.17) is 4.74 Å². The maximum atomic E-state index is 5.81. The van der Waals surface area contributed by atoms with Crippen molar-refractivity contribution in [1.82, 2.24) is 24.9 Å². The number of fused-ring (bicyclic) bond motifs is 3. The predicted octanol–water partition coefficient (Wildman–Crippen LogP) is 4.59. The van der Waals surface area contributed by atoms with Crippen molar-refractivity contribution >= 4 is 16.6 Å². The fourth-order valence-electron chi connectivity index (χ4n) is 4.66. The Labute approximate surface area is 179 Å². The zero-order chi connectivity index (χ0) is 20.9. The molecule has 1 aliphatic heterocycles. The molecule has 1 aromatic carbocycles. The lowest BCUT2D eigenvalue weighted by molar-refractivity contribution is 0.414. The van der Waals surface area contributed by atoms with Crippen LogP contribution in [0.2, 0.25) is 0 Å². The maximum Gasteiger partial charge on any atom is 0.137 e. The van der Waals surface area contributed by atoms with E-state index in [0.29, 0.717) is 6.04 Å². The van der Waals surface area contributed by atoms with Gasteiger partial charge >= 0.3 is 0 Å². The Kier molecular flexibility index (Phi) is 4.07. The van der Waals surface area contributed by atoms with Crippen molar-refractivity contribution in [2.45, 2.75) is 25.9 Å². The molecule has 4 aromatic heterocycles. The van der Waals surface area contributed by atoms with Gasteiger partial charge in [0.2, 0.25) is 0 Å². The van der Waals surface area contributed by atoms with Gasteiger partial charge in [-0.2, -0.15) is 5.10 Å². The van der Waals surface area contributed by atoms with Gasteiger partial charge in [-0.3, -0.25) is 0 Å². The van der Waals surface area contributed by atoms with Crippen LogP contribution < -0.4 is 10.1 Å². The van der Waals surface area contributed by atoms with E-state index in [1.54, 1.807) is 7.11 Å². The number of H-pyrrole nitrogens is 1. The van der Waals surface area contributed by atoms with Gasteiger partial charge < -0.3 is 15.0 Å². The molecule has 1 atom stereocenters. The van der Waals surface area contributed by atoms with E-state index in [9.17, 15) is 0 Å². The van der Waals surface area contributed by atoms with Gasteiger partial charge in [0.15, 0.2) is 0 Å². The highest BCUT2D eigenvalue weighted by Crippen LogP contribution is 2.38. The van der Waals surface area contributed by atoms with Gasteiger partial charge in [0, 0.05) is 47.7 Å². The van der Waals surface area contributed by atoms with Crippen LogP contribution in [0.4, 0.5) is 0 Å². The Morgan fingerprint density at radius 3 is 2.90 bits per heavy atom. The number of pyridine rings is 2. The van der Waals surface area contributed by atoms with E-state index in [0.717, 1.165) is 57.5 Å². The van der Waals surface area contributed by atoms with Gasteiger partial charge in [-0.05, 0) is 72.0 Å². The van der Waals surface area contributed by atoms with Crippen LogP contribution in [0.15, 0.2) is 61.2 Å². The number of benzene rings is 1. The van der Waals surface area contributed by atoms with Crippen LogP contribution >= 0.6 is 0 Å². The summed E-state index contributed by atoms with van der Waals surface area (Å²) in [6.45, 7) is 3.09. The lowest BCUT2D eigenvalue weighted by Gasteiger charge is -2.24. The molecule has 0 aliphatic carbocycles. The normalized spacial score (nSPS) is 16.0. The average Bonchev–Trinajstić information content (AvgIpc) is 3.44. The minimum atomic E-state index is 0.480. The Bertz CT molecular complexity index is 1430. The summed E-state index contributed by atoms with van der Waals surface area (Å²) in [6.07, 6.45) is 8.73. The van der Waals surface area contributed by atoms with Crippen molar-refractivity contribution in [3.05, 3.63) is 72.3 Å². The molecule has 5 aromatic rings. The molecule has 6 nitrogen and oxygen atoms in total. The molecule has 0 saturated heterocycles. The SMILES string of the molecule is COc1cc2c(cc1-c1cnn3ccc(-c4ccnc5[nH]ccc45)cc13)CNC(C)C2. The molecule has 0 spiro atoms. The number of aromatic amines is 1. The minimum absolute atomic E-state index is 0.480. The Balaban J connectivity index is 1.53. The molecule has 5 heterocycles. The molecule has 0 radical (unpaired) electrons. The monoisotopic (exact) mass is 409 g/mol. The van der Waals surface area contributed by atoms with Gasteiger partial charge in [-0.25, -0.2) is 9.50 Å². The highest BCUT2D eigenvalue weighted by molar-refractivity contribution is 5.95. The predicted molar refractivity (Wildman–Crippen MR) is 122 cm³/mol. The number of hydrogen-bond acceptors (Lipinski definition) is 4. The van der Waals surface area contributed by atoms with Crippen LogP contribution in [-0.2, 0) is 13.0 Å². The summed E-state index contributed by atoms with van der Waals surface area (Å²) in [7, 11) is 1.74. The zero-order valence-corrected chi connectivity index (χ0v) is 17.5. The zero-order valence-electron chi connectivity index (χ0n) is 17.5. The highest BCUT2D eigenvalue weighted by atomic mass is 16.5. The third kappa shape index (κ3) is 2.91. The Morgan fingerprint density at radius 1 is 1.06 bits per heavy atom. The first-order valence-electron chi connectivity index (χ1n) is 10.5. The van der Waals surface area contributed by atoms with Crippen LogP contribution in [0.1, 0.15) is 18.1 Å². The van der Waals surface area contributed by atoms with E-state index in [-0.39, 0.29) is 0 Å². The van der Waals surface area contributed by atoms with E-state index in [1.165, 1.54) is 11.1 Å². The standard InChI is InChI=1S/C25H23N5O/c1-15-9-17-12-24(31-2)21(10-18(17)13-28-15)22-14-29-30-8-5-16(11-23(22)30)19-3-6-26-25-20(19)4-7-27-25/h3-8,10-12,14-15,28H,9,13H2,1-2H3,(H,26,27). The van der Waals surface area contributed by atoms with E-state index in [2.05, 4.69) is 63.7 Å². The summed E-state index contributed by atoms with van der Waals surface area (Å²) >= 11 is 0. The third-order valence-corrected chi connectivity index (χ3v) is 6.27. The molecule has 154 valence electrons. The molecule has 0 fully saturated rings. The highest BCUT2D eigenvalue weighted by Gasteiger charge is 2.20. The molecular formula is C25H23N5O. The van der Waals surface area contributed by atoms with Crippen molar-refractivity contribution in [2.24, 2.45) is 0 Å². The second kappa shape index (κ2) is 6.96. The first kappa shape index (κ1) is 18.2. The molecule has 31 heavy (non-hydrogen) atoms. The molecule has 0 saturated carbocycles. The molecule has 2 N–H and O–H groups in total. The molecule has 1 unspecified atom stereocenters. The molecule has 6 heteroatoms. The van der Waals surface area contributed by atoms with Crippen molar-refractivity contribution in [3.8, 4) is 28.0 Å². The van der Waals surface area contributed by atoms with Gasteiger partial charge in [-0.15, -0.1) is 0 Å². The summed E-state index contributed by atoms with van der Waals surface area (Å²) in [5.41, 5.74) is 9.05. The maximum absolute atomic E-state index is 5.81. The van der Waals surface area contributed by atoms with Gasteiger partial charge in [0.25, 0.3) is 0 Å². The number of rotatable bonds is 3. The fraction of sp³-hybridized carbons (Fsp3) is 0.200. The molecule has 6 rings (SSSR count). The van der Waals surface area contributed by atoms with E-state index in [1.807, 2.05) is 29.3 Å². The van der Waals surface area contributed by atoms with Crippen LogP contribution in [0.25, 0.3) is 38.8 Å². The van der Waals surface area contributed by atoms with Crippen LogP contribution in [0.5, 0.6) is 5.75 Å². The van der Waals surface area contributed by atoms with Crippen LogP contribution in [0.3, 0.4) is 0 Å². The second-order valence-electron chi connectivity index (χ2n) is 8.21. The molecule has 0 bridgehead atoms. The van der Waals surface area contributed by atoms with Crippen molar-refractivity contribution < 1.29 is 4.74 Å². The molecule has 0 amide bonds. The minimum Gasteiger partial charge on any atom is -0.496 e. The van der Waals surface area contributed by atoms with Crippen molar-refractivity contribution in [2.75, 3.05) is 7.11 Å². The first-order chi connectivity index (χ1) is 15.2. The smallest absolute Gasteiger partial charge is 0.137 e. The summed E-state index contributed by atoms with van der Waals surface area (Å²) in [6, 6.07) is 13.4. The Hall–Kier alpha value is -3.64. The van der Waals surface area contributed by atoms with Crippen molar-refractivity contribution in [1.29, 1.82) is 0 Å². The number of nitrogens with zero attached hydrogens (tertiary/aromatic N) is 3. The number of ether oxygens (including phenoxy) is 1. The summed E-state index contributed by atoms with van der Waals surface area (Å²) in [5.74, 6) is 0.894. The Morgan fingerprint density at radius 2 is 2.00 bits per heavy atom. The quantitative estimate of drug-likeness (QED) is 0.457. The van der Waals surface area contributed by atoms with Gasteiger partial charge in [0.1, 0.15) is 11.4 Å². The third-order valence-electron chi connectivity index (χ3n) is 6.27. The van der Waals surface area contributed by atoms with E-state index >= 15 is 0 Å². The topological polar surface area (TPSA) is 67.2 Å². The average molecular weight is 409 g/mol. The number of hydrogen-bond donors (Lipinski definition) is 2. The first-order valence-corrected chi connectivity index (χ1v) is 10.5. The fourth-order valence-corrected chi connectivity index (χ4v) is 4.66. The molecule has 1 aliphatic rings. The van der Waals surface area contributed by atoms with Gasteiger partial charge in [-0.1, -0.05) is 0 Å². The summed E-state index contributed by atoms with van der Waals surface area (Å²) in [4.78, 5) is 7.61. The second-order valence-corrected chi connectivity index (χ2v) is 8.21.